The van der Waals surface area contributed by atoms with Crippen molar-refractivity contribution in [2.24, 2.45) is 5.73 Å². The lowest BCUT2D eigenvalue weighted by Crippen LogP contribution is -2.10. The van der Waals surface area contributed by atoms with Crippen LogP contribution in [0.25, 0.3) is 11.1 Å². The number of hydrogen-bond acceptors (Lipinski definition) is 2. The van der Waals surface area contributed by atoms with Crippen molar-refractivity contribution in [1.82, 2.24) is 0 Å². The van der Waals surface area contributed by atoms with Gasteiger partial charge >= 0.3 is 0 Å². The molecule has 18 heavy (non-hydrogen) atoms. The minimum atomic E-state index is -1.06. The second-order valence-electron chi connectivity index (χ2n) is 3.70. The average molecular weight is 249 g/mol. The van der Waals surface area contributed by atoms with Gasteiger partial charge in [-0.05, 0) is 24.3 Å². The van der Waals surface area contributed by atoms with Crippen LogP contribution in [0.2, 0.25) is 0 Å². The number of carbonyl (C=O) groups is 1. The third kappa shape index (κ3) is 2.02. The van der Waals surface area contributed by atoms with E-state index in [9.17, 15) is 18.7 Å². The van der Waals surface area contributed by atoms with Crippen LogP contribution in [0.5, 0.6) is 5.75 Å². The van der Waals surface area contributed by atoms with Crippen LogP contribution in [0.3, 0.4) is 0 Å². The predicted octanol–water partition coefficient (Wildman–Crippen LogP) is 2.44. The van der Waals surface area contributed by atoms with Crippen LogP contribution in [0, 0.1) is 11.6 Å². The topological polar surface area (TPSA) is 63.3 Å². The van der Waals surface area contributed by atoms with Crippen molar-refractivity contribution >= 4 is 5.91 Å². The highest BCUT2D eigenvalue weighted by Gasteiger charge is 2.14. The van der Waals surface area contributed by atoms with Crippen molar-refractivity contribution in [2.75, 3.05) is 0 Å². The fourth-order valence-electron chi connectivity index (χ4n) is 1.62. The molecule has 2 aromatic carbocycles. The summed E-state index contributed by atoms with van der Waals surface area (Å²) in [6, 6.07) is 7.40. The first-order valence-electron chi connectivity index (χ1n) is 5.08. The lowest BCUT2D eigenvalue weighted by Gasteiger charge is -2.07. The lowest BCUT2D eigenvalue weighted by molar-refractivity contribution is 0.1000. The van der Waals surface area contributed by atoms with Crippen molar-refractivity contribution in [3.05, 3.63) is 53.6 Å². The van der Waals surface area contributed by atoms with Crippen molar-refractivity contribution in [3.8, 4) is 16.9 Å². The summed E-state index contributed by atoms with van der Waals surface area (Å²) in [6.07, 6.45) is 0. The molecule has 2 aromatic rings. The van der Waals surface area contributed by atoms with Crippen molar-refractivity contribution < 1.29 is 18.7 Å². The van der Waals surface area contributed by atoms with E-state index in [2.05, 4.69) is 0 Å². The number of phenols is 1. The van der Waals surface area contributed by atoms with Crippen molar-refractivity contribution in [3.63, 3.8) is 0 Å². The number of phenolic OH excluding ortho intramolecular Hbond substituents is 1. The molecule has 0 fully saturated rings. The Hall–Kier alpha value is -2.43. The van der Waals surface area contributed by atoms with Gasteiger partial charge < -0.3 is 10.8 Å². The maximum Gasteiger partial charge on any atom is 0.248 e. The molecule has 0 heterocycles. The van der Waals surface area contributed by atoms with Crippen molar-refractivity contribution in [2.45, 2.75) is 0 Å². The summed E-state index contributed by atoms with van der Waals surface area (Å²) in [6.45, 7) is 0. The number of primary amides is 1. The van der Waals surface area contributed by atoms with Gasteiger partial charge in [0.1, 0.15) is 5.75 Å². The van der Waals surface area contributed by atoms with Crippen LogP contribution in [-0.4, -0.2) is 11.0 Å². The second kappa shape index (κ2) is 4.44. The van der Waals surface area contributed by atoms with Gasteiger partial charge in [0.15, 0.2) is 11.6 Å². The SMILES string of the molecule is NC(=O)c1ccc(-c2cccc(F)c2F)c(O)c1. The quantitative estimate of drug-likeness (QED) is 0.858. The van der Waals surface area contributed by atoms with E-state index >= 15 is 0 Å². The molecule has 0 saturated heterocycles. The normalized spacial score (nSPS) is 10.3. The van der Waals surface area contributed by atoms with Gasteiger partial charge in [-0.25, -0.2) is 8.78 Å². The molecule has 0 aromatic heterocycles. The fourth-order valence-corrected chi connectivity index (χ4v) is 1.62. The molecule has 3 N–H and O–H groups in total. The molecule has 0 saturated carbocycles. The highest BCUT2D eigenvalue weighted by molar-refractivity contribution is 5.94. The Labute approximate surface area is 101 Å². The number of nitrogens with two attached hydrogens (primary N) is 1. The van der Waals surface area contributed by atoms with Crippen LogP contribution in [-0.2, 0) is 0 Å². The number of rotatable bonds is 2. The third-order valence-corrected chi connectivity index (χ3v) is 2.52. The van der Waals surface area contributed by atoms with Gasteiger partial charge in [0.05, 0.1) is 0 Å². The Balaban J connectivity index is 2.58. The number of amides is 1. The Morgan fingerprint density at radius 1 is 1.11 bits per heavy atom. The zero-order valence-electron chi connectivity index (χ0n) is 9.15. The minimum Gasteiger partial charge on any atom is -0.507 e. The summed E-state index contributed by atoms with van der Waals surface area (Å²) < 4.78 is 26.6. The molecule has 0 aliphatic rings. The molecule has 0 radical (unpaired) electrons. The van der Waals surface area contributed by atoms with E-state index in [-0.39, 0.29) is 22.4 Å². The molecule has 0 aliphatic heterocycles. The van der Waals surface area contributed by atoms with E-state index in [4.69, 9.17) is 5.73 Å². The first-order chi connectivity index (χ1) is 8.50. The van der Waals surface area contributed by atoms with E-state index in [1.54, 1.807) is 0 Å². The maximum absolute atomic E-state index is 13.5. The maximum atomic E-state index is 13.5. The fraction of sp³-hybridized carbons (Fsp3) is 0. The van der Waals surface area contributed by atoms with E-state index in [0.29, 0.717) is 0 Å². The Bertz CT molecular complexity index is 626. The van der Waals surface area contributed by atoms with Crippen LogP contribution < -0.4 is 5.73 Å². The highest BCUT2D eigenvalue weighted by Crippen LogP contribution is 2.32. The lowest BCUT2D eigenvalue weighted by atomic mass is 10.0. The zero-order valence-corrected chi connectivity index (χ0v) is 9.15. The molecule has 0 atom stereocenters. The first kappa shape index (κ1) is 12.0. The molecular formula is C13H9F2NO2. The summed E-state index contributed by atoms with van der Waals surface area (Å²) in [5.74, 6) is -3.11. The molecule has 0 unspecified atom stereocenters. The Morgan fingerprint density at radius 2 is 1.83 bits per heavy atom. The first-order valence-corrected chi connectivity index (χ1v) is 5.08. The van der Waals surface area contributed by atoms with E-state index in [1.165, 1.54) is 24.3 Å². The number of aromatic hydroxyl groups is 1. The molecule has 2 rings (SSSR count). The van der Waals surface area contributed by atoms with Crippen LogP contribution in [0.1, 0.15) is 10.4 Å². The molecule has 1 amide bonds. The molecule has 3 nitrogen and oxygen atoms in total. The van der Waals surface area contributed by atoms with Gasteiger partial charge in [-0.2, -0.15) is 0 Å². The third-order valence-electron chi connectivity index (χ3n) is 2.52. The van der Waals surface area contributed by atoms with E-state index < -0.39 is 17.5 Å². The van der Waals surface area contributed by atoms with Crippen LogP contribution in [0.4, 0.5) is 8.78 Å². The van der Waals surface area contributed by atoms with Gasteiger partial charge in [-0.15, -0.1) is 0 Å². The van der Waals surface area contributed by atoms with Crippen LogP contribution in [0.15, 0.2) is 36.4 Å². The molecule has 5 heteroatoms. The van der Waals surface area contributed by atoms with Gasteiger partial charge in [-0.3, -0.25) is 4.79 Å². The standard InChI is InChI=1S/C13H9F2NO2/c14-10-3-1-2-9(12(10)15)8-5-4-7(13(16)18)6-11(8)17/h1-6,17H,(H2,16,18). The summed E-state index contributed by atoms with van der Waals surface area (Å²) in [4.78, 5) is 10.9. The van der Waals surface area contributed by atoms with Crippen molar-refractivity contribution in [1.29, 1.82) is 0 Å². The van der Waals surface area contributed by atoms with E-state index in [0.717, 1.165) is 12.1 Å². The molecule has 92 valence electrons. The van der Waals surface area contributed by atoms with Gasteiger partial charge in [0.2, 0.25) is 5.91 Å². The van der Waals surface area contributed by atoms with Gasteiger partial charge in [0.25, 0.3) is 0 Å². The molecule has 0 aliphatic carbocycles. The Morgan fingerprint density at radius 3 is 2.44 bits per heavy atom. The zero-order chi connectivity index (χ0) is 13.3. The van der Waals surface area contributed by atoms with Gasteiger partial charge in [-0.1, -0.05) is 12.1 Å². The molecule has 0 bridgehead atoms. The molecular weight excluding hydrogens is 240 g/mol. The number of carbonyl (C=O) groups excluding carboxylic acids is 1. The van der Waals surface area contributed by atoms with Crippen LogP contribution >= 0.6 is 0 Å². The molecule has 0 spiro atoms. The predicted molar refractivity (Wildman–Crippen MR) is 62.0 cm³/mol. The number of halogens is 2. The summed E-state index contributed by atoms with van der Waals surface area (Å²) >= 11 is 0. The smallest absolute Gasteiger partial charge is 0.248 e. The summed E-state index contributed by atoms with van der Waals surface area (Å²) in [5, 5.41) is 9.71. The van der Waals surface area contributed by atoms with E-state index in [1.807, 2.05) is 0 Å². The minimum absolute atomic E-state index is 0.0801. The number of hydrogen-bond donors (Lipinski definition) is 2. The summed E-state index contributed by atoms with van der Waals surface area (Å²) in [5.41, 5.74) is 5.15. The Kier molecular flexibility index (Phi) is 2.97. The monoisotopic (exact) mass is 249 g/mol. The average Bonchev–Trinajstić information content (AvgIpc) is 2.33. The second-order valence-corrected chi connectivity index (χ2v) is 3.70. The largest absolute Gasteiger partial charge is 0.507 e. The summed E-state index contributed by atoms with van der Waals surface area (Å²) in [7, 11) is 0. The number of benzene rings is 2. The highest BCUT2D eigenvalue weighted by atomic mass is 19.2. The van der Waals surface area contributed by atoms with Gasteiger partial charge in [0, 0.05) is 16.7 Å².